The SMILES string of the molecule is Cc1ccc2[nH]c(=O)c(CN(Cc3ccccc3)S(C)(=O)=O)cc2c1. The van der Waals surface area contributed by atoms with Gasteiger partial charge in [0.15, 0.2) is 0 Å². The van der Waals surface area contributed by atoms with E-state index in [1.807, 2.05) is 55.5 Å². The highest BCUT2D eigenvalue weighted by atomic mass is 32.2. The average molecular weight is 356 g/mol. The summed E-state index contributed by atoms with van der Waals surface area (Å²) in [7, 11) is -3.46. The van der Waals surface area contributed by atoms with Gasteiger partial charge >= 0.3 is 0 Å². The van der Waals surface area contributed by atoms with Crippen LogP contribution in [0.15, 0.2) is 59.4 Å². The van der Waals surface area contributed by atoms with Crippen LogP contribution >= 0.6 is 0 Å². The number of pyridine rings is 1. The molecule has 0 unspecified atom stereocenters. The first-order valence-electron chi connectivity index (χ1n) is 7.94. The van der Waals surface area contributed by atoms with Crippen LogP contribution in [0, 0.1) is 6.92 Å². The molecule has 0 aliphatic rings. The van der Waals surface area contributed by atoms with Gasteiger partial charge in [-0.1, -0.05) is 42.0 Å². The molecule has 25 heavy (non-hydrogen) atoms. The van der Waals surface area contributed by atoms with E-state index in [9.17, 15) is 13.2 Å². The number of benzene rings is 2. The molecule has 5 nitrogen and oxygen atoms in total. The minimum atomic E-state index is -3.46. The topological polar surface area (TPSA) is 70.2 Å². The molecule has 1 aromatic heterocycles. The number of hydrogen-bond donors (Lipinski definition) is 1. The molecule has 2 aromatic carbocycles. The Morgan fingerprint density at radius 1 is 1.00 bits per heavy atom. The van der Waals surface area contributed by atoms with Gasteiger partial charge in [0.05, 0.1) is 6.26 Å². The third-order valence-corrected chi connectivity index (χ3v) is 5.29. The lowest BCUT2D eigenvalue weighted by molar-refractivity contribution is 0.404. The number of aromatic nitrogens is 1. The molecule has 0 atom stereocenters. The zero-order valence-corrected chi connectivity index (χ0v) is 15.0. The standard InChI is InChI=1S/C19H20N2O3S/c1-14-8-9-18-16(10-14)11-17(19(22)20-18)13-21(25(2,23)24)12-15-6-4-3-5-7-15/h3-11H,12-13H2,1-2H3,(H,20,22). The zero-order chi connectivity index (χ0) is 18.0. The van der Waals surface area contributed by atoms with Gasteiger partial charge in [0.1, 0.15) is 0 Å². The van der Waals surface area contributed by atoms with E-state index in [4.69, 9.17) is 0 Å². The van der Waals surface area contributed by atoms with Gasteiger partial charge in [-0.15, -0.1) is 0 Å². The van der Waals surface area contributed by atoms with Crippen molar-refractivity contribution < 1.29 is 8.42 Å². The molecule has 1 heterocycles. The van der Waals surface area contributed by atoms with Crippen molar-refractivity contribution in [1.29, 1.82) is 0 Å². The van der Waals surface area contributed by atoms with Crippen molar-refractivity contribution in [3.05, 3.63) is 81.6 Å². The molecule has 130 valence electrons. The molecule has 3 rings (SSSR count). The second kappa shape index (κ2) is 6.82. The Morgan fingerprint density at radius 3 is 2.40 bits per heavy atom. The molecule has 0 amide bonds. The zero-order valence-electron chi connectivity index (χ0n) is 14.2. The fraction of sp³-hybridized carbons (Fsp3) is 0.211. The van der Waals surface area contributed by atoms with Crippen LogP contribution in [0.25, 0.3) is 10.9 Å². The maximum atomic E-state index is 12.4. The number of sulfonamides is 1. The second-order valence-electron chi connectivity index (χ2n) is 6.23. The van der Waals surface area contributed by atoms with E-state index in [-0.39, 0.29) is 18.6 Å². The minimum Gasteiger partial charge on any atom is -0.322 e. The van der Waals surface area contributed by atoms with E-state index >= 15 is 0 Å². The van der Waals surface area contributed by atoms with E-state index in [1.165, 1.54) is 4.31 Å². The minimum absolute atomic E-state index is 0.0347. The summed E-state index contributed by atoms with van der Waals surface area (Å²) in [5.74, 6) is 0. The molecule has 0 saturated carbocycles. The molecule has 0 aliphatic carbocycles. The maximum absolute atomic E-state index is 12.4. The molecular formula is C19H20N2O3S. The van der Waals surface area contributed by atoms with Crippen LogP contribution in [0.1, 0.15) is 16.7 Å². The van der Waals surface area contributed by atoms with Gasteiger partial charge in [0.25, 0.3) is 5.56 Å². The Bertz CT molecular complexity index is 1060. The molecular weight excluding hydrogens is 336 g/mol. The molecule has 0 spiro atoms. The van der Waals surface area contributed by atoms with Gasteiger partial charge < -0.3 is 4.98 Å². The van der Waals surface area contributed by atoms with Gasteiger partial charge in [-0.2, -0.15) is 4.31 Å². The van der Waals surface area contributed by atoms with Gasteiger partial charge in [-0.3, -0.25) is 4.79 Å². The smallest absolute Gasteiger partial charge is 0.252 e. The summed E-state index contributed by atoms with van der Waals surface area (Å²) < 4.78 is 25.7. The number of aromatic amines is 1. The summed E-state index contributed by atoms with van der Waals surface area (Å²) in [5.41, 5.74) is 2.86. The van der Waals surface area contributed by atoms with E-state index in [0.29, 0.717) is 5.56 Å². The Balaban J connectivity index is 1.98. The van der Waals surface area contributed by atoms with E-state index in [0.717, 1.165) is 28.3 Å². The van der Waals surface area contributed by atoms with Gasteiger partial charge in [-0.05, 0) is 36.1 Å². The Labute approximate surface area is 147 Å². The summed E-state index contributed by atoms with van der Waals surface area (Å²) in [6, 6.07) is 16.9. The Hall–Kier alpha value is -2.44. The van der Waals surface area contributed by atoms with Gasteiger partial charge in [0, 0.05) is 24.2 Å². The van der Waals surface area contributed by atoms with Crippen molar-refractivity contribution in [3.8, 4) is 0 Å². The number of nitrogens with zero attached hydrogens (tertiary/aromatic N) is 1. The van der Waals surface area contributed by atoms with Crippen molar-refractivity contribution in [2.75, 3.05) is 6.26 Å². The maximum Gasteiger partial charge on any atom is 0.252 e. The molecule has 3 aromatic rings. The number of fused-ring (bicyclic) bond motifs is 1. The first-order valence-corrected chi connectivity index (χ1v) is 9.79. The van der Waals surface area contributed by atoms with Gasteiger partial charge in [0.2, 0.25) is 10.0 Å². The number of hydrogen-bond acceptors (Lipinski definition) is 3. The summed E-state index contributed by atoms with van der Waals surface area (Å²) in [6.45, 7) is 2.24. The molecule has 6 heteroatoms. The number of aryl methyl sites for hydroxylation is 1. The lowest BCUT2D eigenvalue weighted by atomic mass is 10.1. The predicted octanol–water partition coefficient (Wildman–Crippen LogP) is 2.80. The highest BCUT2D eigenvalue weighted by Gasteiger charge is 2.19. The summed E-state index contributed by atoms with van der Waals surface area (Å²) in [6.07, 6.45) is 1.16. The lowest BCUT2D eigenvalue weighted by Gasteiger charge is -2.20. The largest absolute Gasteiger partial charge is 0.322 e. The summed E-state index contributed by atoms with van der Waals surface area (Å²) in [5, 5.41) is 0.891. The van der Waals surface area contributed by atoms with Crippen LogP contribution < -0.4 is 5.56 Å². The van der Waals surface area contributed by atoms with Crippen LogP contribution in [0.2, 0.25) is 0 Å². The third kappa shape index (κ3) is 4.15. The van der Waals surface area contributed by atoms with Crippen LogP contribution in [-0.4, -0.2) is 24.0 Å². The quantitative estimate of drug-likeness (QED) is 0.764. The van der Waals surface area contributed by atoms with Crippen molar-refractivity contribution in [3.63, 3.8) is 0 Å². The van der Waals surface area contributed by atoms with E-state index in [2.05, 4.69) is 4.98 Å². The van der Waals surface area contributed by atoms with Crippen molar-refractivity contribution in [2.24, 2.45) is 0 Å². The second-order valence-corrected chi connectivity index (χ2v) is 8.21. The molecule has 0 fully saturated rings. The normalized spacial score (nSPS) is 12.0. The van der Waals surface area contributed by atoms with Crippen molar-refractivity contribution >= 4 is 20.9 Å². The van der Waals surface area contributed by atoms with Crippen LogP contribution in [0.3, 0.4) is 0 Å². The molecule has 1 N–H and O–H groups in total. The first-order chi connectivity index (χ1) is 11.8. The monoisotopic (exact) mass is 356 g/mol. The Kier molecular flexibility index (Phi) is 4.74. The van der Waals surface area contributed by atoms with Crippen molar-refractivity contribution in [1.82, 2.24) is 9.29 Å². The average Bonchev–Trinajstić information content (AvgIpc) is 2.55. The summed E-state index contributed by atoms with van der Waals surface area (Å²) in [4.78, 5) is 15.2. The van der Waals surface area contributed by atoms with Crippen LogP contribution in [0.4, 0.5) is 0 Å². The molecule has 0 aliphatic heterocycles. The molecule has 0 bridgehead atoms. The fourth-order valence-corrected chi connectivity index (χ4v) is 3.51. The first kappa shape index (κ1) is 17.4. The Morgan fingerprint density at radius 2 is 1.72 bits per heavy atom. The number of rotatable bonds is 5. The van der Waals surface area contributed by atoms with E-state index < -0.39 is 10.0 Å². The number of H-pyrrole nitrogens is 1. The van der Waals surface area contributed by atoms with Gasteiger partial charge in [-0.25, -0.2) is 8.42 Å². The van der Waals surface area contributed by atoms with Crippen LogP contribution in [0.5, 0.6) is 0 Å². The lowest BCUT2D eigenvalue weighted by Crippen LogP contribution is -2.31. The molecule has 0 radical (unpaired) electrons. The van der Waals surface area contributed by atoms with E-state index in [1.54, 1.807) is 6.07 Å². The number of nitrogens with one attached hydrogen (secondary N) is 1. The fourth-order valence-electron chi connectivity index (χ4n) is 2.76. The molecule has 0 saturated heterocycles. The highest BCUT2D eigenvalue weighted by Crippen LogP contribution is 2.16. The van der Waals surface area contributed by atoms with Crippen molar-refractivity contribution in [2.45, 2.75) is 20.0 Å². The third-order valence-electron chi connectivity index (χ3n) is 4.09. The highest BCUT2D eigenvalue weighted by molar-refractivity contribution is 7.88. The predicted molar refractivity (Wildman–Crippen MR) is 99.8 cm³/mol. The van der Waals surface area contributed by atoms with Crippen LogP contribution in [-0.2, 0) is 23.1 Å². The summed E-state index contributed by atoms with van der Waals surface area (Å²) >= 11 is 0.